The molecule has 0 aromatic carbocycles. The topological polar surface area (TPSA) is 45.6 Å². The van der Waals surface area contributed by atoms with Gasteiger partial charge < -0.3 is 15.1 Å². The molecule has 1 fully saturated rings. The highest BCUT2D eigenvalue weighted by Gasteiger charge is 2.20. The van der Waals surface area contributed by atoms with Gasteiger partial charge in [0.1, 0.15) is 5.76 Å². The average molecular weight is 223 g/mol. The van der Waals surface area contributed by atoms with Gasteiger partial charge in [-0.25, -0.2) is 0 Å². The predicted octanol–water partition coefficient (Wildman–Crippen LogP) is 1.44. The molecule has 0 radical (unpaired) electrons. The van der Waals surface area contributed by atoms with Crippen molar-refractivity contribution in [3.63, 3.8) is 0 Å². The molecule has 2 N–H and O–H groups in total. The summed E-state index contributed by atoms with van der Waals surface area (Å²) in [6.45, 7) is 2.81. The van der Waals surface area contributed by atoms with E-state index < -0.39 is 0 Å². The van der Waals surface area contributed by atoms with Crippen LogP contribution < -0.4 is 10.6 Å². The molecule has 1 aromatic rings. The van der Waals surface area contributed by atoms with Crippen LogP contribution in [0.3, 0.4) is 0 Å². The molecule has 90 valence electrons. The quantitative estimate of drug-likeness (QED) is 0.839. The number of nitrogens with zero attached hydrogens (tertiary/aromatic N) is 2. The third-order valence-corrected chi connectivity index (χ3v) is 3.21. The molecule has 0 amide bonds. The fraction of sp³-hybridized carbons (Fsp3) is 0.667. The summed E-state index contributed by atoms with van der Waals surface area (Å²) in [5.41, 5.74) is 5.75. The Kier molecular flexibility index (Phi) is 3.51. The van der Waals surface area contributed by atoms with Crippen molar-refractivity contribution in [3.05, 3.63) is 17.9 Å². The normalized spacial score (nSPS) is 18.4. The van der Waals surface area contributed by atoms with E-state index in [-0.39, 0.29) is 6.04 Å². The lowest BCUT2D eigenvalue weighted by molar-refractivity contribution is 0.265. The van der Waals surface area contributed by atoms with Crippen LogP contribution in [0.25, 0.3) is 0 Å². The summed E-state index contributed by atoms with van der Waals surface area (Å²) in [7, 11) is 4.05. The van der Waals surface area contributed by atoms with E-state index in [1.807, 2.05) is 20.2 Å². The van der Waals surface area contributed by atoms with Crippen molar-refractivity contribution < 1.29 is 4.42 Å². The largest absolute Gasteiger partial charge is 0.444 e. The Hall–Kier alpha value is -1.00. The van der Waals surface area contributed by atoms with Crippen LogP contribution in [-0.2, 0) is 0 Å². The molecule has 16 heavy (non-hydrogen) atoms. The maximum absolute atomic E-state index is 5.89. The van der Waals surface area contributed by atoms with E-state index >= 15 is 0 Å². The van der Waals surface area contributed by atoms with E-state index in [0.717, 1.165) is 24.7 Å². The van der Waals surface area contributed by atoms with Gasteiger partial charge in [-0.2, -0.15) is 0 Å². The summed E-state index contributed by atoms with van der Waals surface area (Å²) in [6, 6.07) is 4.29. The Morgan fingerprint density at radius 2 is 2.06 bits per heavy atom. The first-order valence-electron chi connectivity index (χ1n) is 5.93. The van der Waals surface area contributed by atoms with E-state index in [1.165, 1.54) is 12.8 Å². The van der Waals surface area contributed by atoms with Crippen LogP contribution in [-0.4, -0.2) is 38.6 Å². The van der Waals surface area contributed by atoms with Gasteiger partial charge in [-0.1, -0.05) is 0 Å². The molecule has 1 atom stereocenters. The first kappa shape index (κ1) is 11.5. The zero-order valence-corrected chi connectivity index (χ0v) is 10.1. The zero-order chi connectivity index (χ0) is 11.5. The highest BCUT2D eigenvalue weighted by Crippen LogP contribution is 2.27. The molecule has 0 bridgehead atoms. The van der Waals surface area contributed by atoms with Gasteiger partial charge in [-0.3, -0.25) is 4.90 Å². The van der Waals surface area contributed by atoms with Gasteiger partial charge in [-0.05, 0) is 33.0 Å². The Morgan fingerprint density at radius 1 is 1.38 bits per heavy atom. The zero-order valence-electron chi connectivity index (χ0n) is 10.1. The fourth-order valence-corrected chi connectivity index (χ4v) is 2.21. The molecule has 2 rings (SSSR count). The van der Waals surface area contributed by atoms with Crippen molar-refractivity contribution in [2.75, 3.05) is 38.6 Å². The molecular weight excluding hydrogens is 202 g/mol. The Balaban J connectivity index is 2.11. The van der Waals surface area contributed by atoms with Crippen LogP contribution >= 0.6 is 0 Å². The van der Waals surface area contributed by atoms with Crippen LogP contribution in [0.5, 0.6) is 0 Å². The van der Waals surface area contributed by atoms with Crippen LogP contribution in [0, 0.1) is 0 Å². The molecule has 2 heterocycles. The molecule has 0 aliphatic carbocycles. The second-order valence-electron chi connectivity index (χ2n) is 4.59. The molecule has 0 unspecified atom stereocenters. The number of anilines is 1. The molecular formula is C12H21N3O. The first-order chi connectivity index (χ1) is 7.72. The minimum absolute atomic E-state index is 0.177. The summed E-state index contributed by atoms with van der Waals surface area (Å²) < 4.78 is 5.89. The molecule has 0 saturated carbocycles. The van der Waals surface area contributed by atoms with E-state index in [4.69, 9.17) is 10.2 Å². The van der Waals surface area contributed by atoms with E-state index in [2.05, 4.69) is 15.9 Å². The third-order valence-electron chi connectivity index (χ3n) is 3.21. The maximum Gasteiger partial charge on any atom is 0.195 e. The fourth-order valence-electron chi connectivity index (χ4n) is 2.21. The number of nitrogens with two attached hydrogens (primary N) is 1. The second-order valence-corrected chi connectivity index (χ2v) is 4.59. The number of hydrogen-bond acceptors (Lipinski definition) is 4. The molecule has 1 saturated heterocycles. The van der Waals surface area contributed by atoms with Crippen molar-refractivity contribution in [1.82, 2.24) is 4.90 Å². The van der Waals surface area contributed by atoms with Crippen LogP contribution in [0.1, 0.15) is 24.6 Å². The highest BCUT2D eigenvalue weighted by molar-refractivity contribution is 5.38. The lowest BCUT2D eigenvalue weighted by atomic mass is 10.2. The SMILES string of the molecule is CN(C)[C@H](CN)c1ccc(N2CCCC2)o1. The number of furan rings is 1. The molecule has 1 aliphatic rings. The molecule has 4 nitrogen and oxygen atoms in total. The summed E-state index contributed by atoms with van der Waals surface area (Å²) in [4.78, 5) is 4.39. The third kappa shape index (κ3) is 2.23. The maximum atomic E-state index is 5.89. The van der Waals surface area contributed by atoms with Crippen molar-refractivity contribution in [2.24, 2.45) is 5.73 Å². The lowest BCUT2D eigenvalue weighted by Crippen LogP contribution is -2.26. The van der Waals surface area contributed by atoms with Crippen molar-refractivity contribution in [2.45, 2.75) is 18.9 Å². The van der Waals surface area contributed by atoms with Gasteiger partial charge >= 0.3 is 0 Å². The summed E-state index contributed by atoms with van der Waals surface area (Å²) >= 11 is 0. The van der Waals surface area contributed by atoms with Gasteiger partial charge in [-0.15, -0.1) is 0 Å². The average Bonchev–Trinajstić information content (AvgIpc) is 2.86. The number of rotatable bonds is 4. The smallest absolute Gasteiger partial charge is 0.195 e. The molecule has 0 spiro atoms. The van der Waals surface area contributed by atoms with Crippen LogP contribution in [0.15, 0.2) is 16.5 Å². The summed E-state index contributed by atoms with van der Waals surface area (Å²) in [5.74, 6) is 1.96. The Labute approximate surface area is 97.0 Å². The summed E-state index contributed by atoms with van der Waals surface area (Å²) in [5, 5.41) is 0. The van der Waals surface area contributed by atoms with Crippen molar-refractivity contribution in [3.8, 4) is 0 Å². The standard InChI is InChI=1S/C12H21N3O/c1-14(2)10(9-13)11-5-6-12(16-11)15-7-3-4-8-15/h5-6,10H,3-4,7-9,13H2,1-2H3/t10-/m1/s1. The minimum Gasteiger partial charge on any atom is -0.444 e. The molecule has 4 heteroatoms. The minimum atomic E-state index is 0.177. The van der Waals surface area contributed by atoms with Crippen LogP contribution in [0.4, 0.5) is 5.88 Å². The van der Waals surface area contributed by atoms with Crippen LogP contribution in [0.2, 0.25) is 0 Å². The van der Waals surface area contributed by atoms with Crippen molar-refractivity contribution >= 4 is 5.88 Å². The van der Waals surface area contributed by atoms with Gasteiger partial charge in [0.2, 0.25) is 0 Å². The molecule has 1 aromatic heterocycles. The monoisotopic (exact) mass is 223 g/mol. The molecule has 1 aliphatic heterocycles. The van der Waals surface area contributed by atoms with Gasteiger partial charge in [0, 0.05) is 25.7 Å². The Bertz CT molecular complexity index is 329. The summed E-state index contributed by atoms with van der Waals surface area (Å²) in [6.07, 6.45) is 2.54. The second kappa shape index (κ2) is 4.89. The number of hydrogen-bond donors (Lipinski definition) is 1. The number of likely N-dealkylation sites (N-methyl/N-ethyl adjacent to an activating group) is 1. The van der Waals surface area contributed by atoms with Gasteiger partial charge in [0.15, 0.2) is 5.88 Å². The van der Waals surface area contributed by atoms with E-state index in [9.17, 15) is 0 Å². The van der Waals surface area contributed by atoms with Gasteiger partial charge in [0.05, 0.1) is 6.04 Å². The van der Waals surface area contributed by atoms with Gasteiger partial charge in [0.25, 0.3) is 0 Å². The predicted molar refractivity (Wildman–Crippen MR) is 65.6 cm³/mol. The van der Waals surface area contributed by atoms with E-state index in [1.54, 1.807) is 0 Å². The van der Waals surface area contributed by atoms with E-state index in [0.29, 0.717) is 6.54 Å². The highest BCUT2D eigenvalue weighted by atomic mass is 16.4. The first-order valence-corrected chi connectivity index (χ1v) is 5.93. The lowest BCUT2D eigenvalue weighted by Gasteiger charge is -2.20. The Morgan fingerprint density at radius 3 is 2.62 bits per heavy atom. The van der Waals surface area contributed by atoms with Crippen molar-refractivity contribution in [1.29, 1.82) is 0 Å².